The number of rotatable bonds is 3. The molecule has 6 aliphatic rings. The van der Waals surface area contributed by atoms with Crippen LogP contribution in [0.25, 0.3) is 0 Å². The van der Waals surface area contributed by atoms with Crippen LogP contribution >= 0.6 is 0 Å². The highest BCUT2D eigenvalue weighted by Crippen LogP contribution is 2.43. The van der Waals surface area contributed by atoms with Crippen molar-refractivity contribution in [2.45, 2.75) is 121 Å². The van der Waals surface area contributed by atoms with Crippen LogP contribution in [0, 0.1) is 23.7 Å². The second-order valence-electron chi connectivity index (χ2n) is 14.4. The first-order chi connectivity index (χ1) is 20.7. The van der Waals surface area contributed by atoms with Crippen LogP contribution in [0.5, 0.6) is 0 Å². The molecule has 4 N–H and O–H groups in total. The molecule has 242 valence electrons. The van der Waals surface area contributed by atoms with Gasteiger partial charge < -0.3 is 25.8 Å². The SMILES string of the molecule is C=CC(=O)N1CCN(C2NC(=O)N3C4NC(C(F)CC42)C2C(F)CCCC2NCCCC2CCNC(C(C)C)C23)[C@H](C)C1. The monoisotopic (exact) mass is 605 g/mol. The number of piperidine rings is 2. The number of fused-ring (bicyclic) bond motifs is 5. The summed E-state index contributed by atoms with van der Waals surface area (Å²) in [5.41, 5.74) is 0. The van der Waals surface area contributed by atoms with Crippen molar-refractivity contribution in [2.24, 2.45) is 23.7 Å². The first-order valence-electron chi connectivity index (χ1n) is 17.0. The minimum Gasteiger partial charge on any atom is -0.336 e. The van der Waals surface area contributed by atoms with Crippen LogP contribution in [0.3, 0.4) is 0 Å². The van der Waals surface area contributed by atoms with Gasteiger partial charge in [0.2, 0.25) is 5.91 Å². The molecule has 0 aromatic carbocycles. The molecule has 5 saturated heterocycles. The van der Waals surface area contributed by atoms with Gasteiger partial charge >= 0.3 is 6.03 Å². The molecule has 0 radical (unpaired) electrons. The third-order valence-electron chi connectivity index (χ3n) is 11.6. The van der Waals surface area contributed by atoms with Gasteiger partial charge in [-0.2, -0.15) is 0 Å². The normalized spacial score (nSPS) is 44.4. The van der Waals surface area contributed by atoms with Crippen molar-refractivity contribution in [3.63, 3.8) is 0 Å². The predicted octanol–water partition coefficient (Wildman–Crippen LogP) is 2.59. The fourth-order valence-electron chi connectivity index (χ4n) is 9.60. The van der Waals surface area contributed by atoms with Crippen molar-refractivity contribution in [1.82, 2.24) is 36.0 Å². The van der Waals surface area contributed by atoms with Crippen LogP contribution in [0.15, 0.2) is 12.7 Å². The van der Waals surface area contributed by atoms with Crippen LogP contribution < -0.4 is 21.3 Å². The molecule has 1 saturated carbocycles. The van der Waals surface area contributed by atoms with Crippen LogP contribution in [-0.2, 0) is 4.79 Å². The lowest BCUT2D eigenvalue weighted by Gasteiger charge is -2.60. The largest absolute Gasteiger partial charge is 0.336 e. The van der Waals surface area contributed by atoms with E-state index in [4.69, 9.17) is 0 Å². The number of alkyl halides is 2. The average molecular weight is 606 g/mol. The first-order valence-corrected chi connectivity index (χ1v) is 17.0. The number of nitrogens with one attached hydrogen (secondary N) is 4. The third kappa shape index (κ3) is 5.84. The fraction of sp³-hybridized carbons (Fsp3) is 0.875. The summed E-state index contributed by atoms with van der Waals surface area (Å²) in [7, 11) is 0. The van der Waals surface area contributed by atoms with Gasteiger partial charge in [-0.15, -0.1) is 0 Å². The van der Waals surface area contributed by atoms with Gasteiger partial charge in [0.15, 0.2) is 0 Å². The van der Waals surface area contributed by atoms with Gasteiger partial charge in [0.25, 0.3) is 0 Å². The molecule has 3 amide bonds. The molecule has 0 aromatic heterocycles. The molecule has 12 atom stereocenters. The van der Waals surface area contributed by atoms with Gasteiger partial charge in [-0.3, -0.25) is 15.0 Å². The number of carbonyl (C=O) groups is 2. The minimum atomic E-state index is -1.23. The second kappa shape index (κ2) is 12.9. The van der Waals surface area contributed by atoms with E-state index in [2.05, 4.69) is 53.5 Å². The van der Waals surface area contributed by atoms with E-state index in [0.717, 1.165) is 45.2 Å². The molecule has 5 aliphatic heterocycles. The molecular formula is C32H53F2N7O2. The molecule has 5 heterocycles. The zero-order valence-electron chi connectivity index (χ0n) is 26.2. The number of halogens is 2. The summed E-state index contributed by atoms with van der Waals surface area (Å²) in [6, 6.07) is -0.804. The molecule has 1 aliphatic carbocycles. The number of nitrogens with zero attached hydrogens (tertiary/aromatic N) is 3. The van der Waals surface area contributed by atoms with Crippen molar-refractivity contribution < 1.29 is 18.4 Å². The molecule has 0 spiro atoms. The van der Waals surface area contributed by atoms with Crippen molar-refractivity contribution >= 4 is 11.9 Å². The molecule has 43 heavy (non-hydrogen) atoms. The number of amides is 3. The van der Waals surface area contributed by atoms with Crippen molar-refractivity contribution in [3.05, 3.63) is 12.7 Å². The Morgan fingerprint density at radius 2 is 1.84 bits per heavy atom. The Morgan fingerprint density at radius 3 is 2.58 bits per heavy atom. The number of carbonyl (C=O) groups excluding carboxylic acids is 2. The van der Waals surface area contributed by atoms with Crippen molar-refractivity contribution in [3.8, 4) is 0 Å². The molecule has 0 aromatic rings. The van der Waals surface area contributed by atoms with Crippen LogP contribution in [-0.4, -0.2) is 114 Å². The van der Waals surface area contributed by atoms with Crippen molar-refractivity contribution in [2.75, 3.05) is 32.7 Å². The molecular weight excluding hydrogens is 552 g/mol. The topological polar surface area (TPSA) is 92.0 Å². The van der Waals surface area contributed by atoms with E-state index in [1.807, 2.05) is 4.90 Å². The van der Waals surface area contributed by atoms with E-state index in [-0.39, 0.29) is 54.6 Å². The number of urea groups is 1. The highest BCUT2D eigenvalue weighted by Gasteiger charge is 2.57. The molecule has 6 fully saturated rings. The van der Waals surface area contributed by atoms with Gasteiger partial charge in [-0.05, 0) is 82.9 Å². The number of hydrogen-bond donors (Lipinski definition) is 4. The summed E-state index contributed by atoms with van der Waals surface area (Å²) in [4.78, 5) is 32.8. The first kappa shape index (κ1) is 31.2. The highest BCUT2D eigenvalue weighted by atomic mass is 19.1. The van der Waals surface area contributed by atoms with E-state index in [0.29, 0.717) is 37.9 Å². The standard InChI is InChI=1S/C32H53F2N7O2/c1-5-25(42)39-14-15-40(19(4)17-39)30-21-16-23(34)28-26-22(33)9-6-10-24(26)35-12-7-8-20-11-13-36-27(18(2)3)29(20)41(31(21)37-28)32(43)38-30/h5,18-24,26-31,35-37H,1,6-17H2,2-4H3,(H,38,43)/t19-,20?,21?,22?,23?,24?,26?,27?,28?,29?,30?,31?/m1/s1. The Balaban J connectivity index is 1.37. The Kier molecular flexibility index (Phi) is 9.34. The summed E-state index contributed by atoms with van der Waals surface area (Å²) in [5, 5.41) is 14.4. The Hall–Kier alpha value is -1.82. The van der Waals surface area contributed by atoms with Crippen LogP contribution in [0.4, 0.5) is 13.6 Å². The summed E-state index contributed by atoms with van der Waals surface area (Å²) in [5.74, 6) is -0.153. The van der Waals surface area contributed by atoms with Crippen LogP contribution in [0.1, 0.15) is 65.7 Å². The predicted molar refractivity (Wildman–Crippen MR) is 163 cm³/mol. The molecule has 11 heteroatoms. The molecule has 2 bridgehead atoms. The maximum absolute atomic E-state index is 16.5. The van der Waals surface area contributed by atoms with Gasteiger partial charge in [-0.25, -0.2) is 13.6 Å². The number of piperazine rings is 1. The zero-order valence-corrected chi connectivity index (χ0v) is 26.2. The fourth-order valence-corrected chi connectivity index (χ4v) is 9.60. The lowest BCUT2D eigenvalue weighted by Crippen LogP contribution is -2.80. The van der Waals surface area contributed by atoms with Crippen molar-refractivity contribution in [1.29, 1.82) is 0 Å². The van der Waals surface area contributed by atoms with E-state index < -0.39 is 30.5 Å². The van der Waals surface area contributed by atoms with Crippen LogP contribution in [0.2, 0.25) is 0 Å². The maximum Gasteiger partial charge on any atom is 0.320 e. The third-order valence-corrected chi connectivity index (χ3v) is 11.6. The quantitative estimate of drug-likeness (QED) is 0.370. The van der Waals surface area contributed by atoms with E-state index in [1.165, 1.54) is 6.08 Å². The molecule has 9 nitrogen and oxygen atoms in total. The Bertz CT molecular complexity index is 1030. The minimum absolute atomic E-state index is 0.0220. The maximum atomic E-state index is 16.5. The Morgan fingerprint density at radius 1 is 1.02 bits per heavy atom. The lowest BCUT2D eigenvalue weighted by atomic mass is 9.71. The molecule has 6 rings (SSSR count). The van der Waals surface area contributed by atoms with Gasteiger partial charge in [-0.1, -0.05) is 20.4 Å². The van der Waals surface area contributed by atoms with Gasteiger partial charge in [0.05, 0.1) is 18.4 Å². The van der Waals surface area contributed by atoms with Gasteiger partial charge in [0, 0.05) is 55.6 Å². The average Bonchev–Trinajstić information content (AvgIpc) is 2.98. The highest BCUT2D eigenvalue weighted by molar-refractivity contribution is 5.87. The summed E-state index contributed by atoms with van der Waals surface area (Å²) in [6.45, 7) is 13.5. The second-order valence-corrected chi connectivity index (χ2v) is 14.4. The smallest absolute Gasteiger partial charge is 0.320 e. The van der Waals surface area contributed by atoms with E-state index in [9.17, 15) is 9.59 Å². The molecule has 11 unspecified atom stereocenters. The number of hydrogen-bond acceptors (Lipinski definition) is 6. The van der Waals surface area contributed by atoms with E-state index >= 15 is 8.78 Å². The lowest BCUT2D eigenvalue weighted by molar-refractivity contribution is -0.132. The zero-order chi connectivity index (χ0) is 30.4. The Labute approximate surface area is 255 Å². The summed E-state index contributed by atoms with van der Waals surface area (Å²) in [6.07, 6.45) is 3.59. The van der Waals surface area contributed by atoms with Gasteiger partial charge in [0.1, 0.15) is 12.3 Å². The van der Waals surface area contributed by atoms with E-state index in [1.54, 1.807) is 4.90 Å². The summed E-state index contributed by atoms with van der Waals surface area (Å²) < 4.78 is 32.3. The summed E-state index contributed by atoms with van der Waals surface area (Å²) >= 11 is 0.